The first-order valence-electron chi connectivity index (χ1n) is 7.31. The summed E-state index contributed by atoms with van der Waals surface area (Å²) in [6.45, 7) is 4.41. The van der Waals surface area contributed by atoms with Gasteiger partial charge in [-0.05, 0) is 43.5 Å². The number of nitrogens with zero attached hydrogens (tertiary/aromatic N) is 1. The number of anilines is 1. The monoisotopic (exact) mass is 303 g/mol. The Bertz CT molecular complexity index is 613. The predicted octanol–water partition coefficient (Wildman–Crippen LogP) is 0.519. The van der Waals surface area contributed by atoms with Crippen molar-refractivity contribution in [2.45, 2.75) is 20.3 Å². The van der Waals surface area contributed by atoms with Crippen molar-refractivity contribution in [3.63, 3.8) is 0 Å². The summed E-state index contributed by atoms with van der Waals surface area (Å²) in [6, 6.07) is 5.82. The van der Waals surface area contributed by atoms with Gasteiger partial charge in [0, 0.05) is 19.3 Å². The standard InChI is InChI=1S/C16H21N3O3/c1-10-4-5-12(8-11(10)2)19-7-6-13(16(19)22)15(21)18-9-14(20)17-3/h4-5,8,13H,6-7,9H2,1-3H3,(H,17,20)(H,18,21)/t13-/m1/s1. The minimum absolute atomic E-state index is 0.108. The van der Waals surface area contributed by atoms with E-state index in [0.717, 1.165) is 16.8 Å². The Kier molecular flexibility index (Phi) is 4.80. The van der Waals surface area contributed by atoms with E-state index in [0.29, 0.717) is 13.0 Å². The number of aryl methyl sites for hydroxylation is 2. The molecule has 1 atom stereocenters. The van der Waals surface area contributed by atoms with Crippen LogP contribution in [0.1, 0.15) is 17.5 Å². The Labute approximate surface area is 129 Å². The molecule has 6 heteroatoms. The lowest BCUT2D eigenvalue weighted by Gasteiger charge is -2.18. The van der Waals surface area contributed by atoms with E-state index >= 15 is 0 Å². The molecule has 0 aliphatic carbocycles. The molecule has 1 saturated heterocycles. The lowest BCUT2D eigenvalue weighted by atomic mass is 10.1. The zero-order valence-corrected chi connectivity index (χ0v) is 13.1. The van der Waals surface area contributed by atoms with Gasteiger partial charge in [-0.1, -0.05) is 6.07 Å². The molecule has 0 radical (unpaired) electrons. The second-order valence-corrected chi connectivity index (χ2v) is 5.49. The van der Waals surface area contributed by atoms with Gasteiger partial charge in [-0.3, -0.25) is 14.4 Å². The van der Waals surface area contributed by atoms with Gasteiger partial charge in [0.2, 0.25) is 17.7 Å². The molecule has 0 unspecified atom stereocenters. The van der Waals surface area contributed by atoms with E-state index in [1.165, 1.54) is 7.05 Å². The van der Waals surface area contributed by atoms with Gasteiger partial charge >= 0.3 is 0 Å². The second-order valence-electron chi connectivity index (χ2n) is 5.49. The molecule has 1 aromatic rings. The van der Waals surface area contributed by atoms with Gasteiger partial charge in [0.15, 0.2) is 0 Å². The van der Waals surface area contributed by atoms with Crippen LogP contribution >= 0.6 is 0 Å². The molecule has 0 saturated carbocycles. The Morgan fingerprint density at radius 1 is 1.27 bits per heavy atom. The molecule has 1 heterocycles. The molecule has 1 aliphatic rings. The van der Waals surface area contributed by atoms with Crippen LogP contribution in [0.2, 0.25) is 0 Å². The molecule has 0 aromatic heterocycles. The number of carbonyl (C=O) groups is 3. The summed E-state index contributed by atoms with van der Waals surface area (Å²) < 4.78 is 0. The van der Waals surface area contributed by atoms with Crippen molar-refractivity contribution >= 4 is 23.4 Å². The van der Waals surface area contributed by atoms with Crippen molar-refractivity contribution in [1.82, 2.24) is 10.6 Å². The number of hydrogen-bond donors (Lipinski definition) is 2. The van der Waals surface area contributed by atoms with Crippen molar-refractivity contribution in [3.05, 3.63) is 29.3 Å². The highest BCUT2D eigenvalue weighted by Crippen LogP contribution is 2.27. The van der Waals surface area contributed by atoms with Gasteiger partial charge in [0.25, 0.3) is 0 Å². The Hall–Kier alpha value is -2.37. The minimum Gasteiger partial charge on any atom is -0.358 e. The highest BCUT2D eigenvalue weighted by molar-refractivity contribution is 6.10. The van der Waals surface area contributed by atoms with Crippen LogP contribution in [-0.4, -0.2) is 37.9 Å². The van der Waals surface area contributed by atoms with Crippen LogP contribution in [0.5, 0.6) is 0 Å². The molecule has 0 bridgehead atoms. The van der Waals surface area contributed by atoms with E-state index in [1.54, 1.807) is 4.90 Å². The molecular formula is C16H21N3O3. The number of benzene rings is 1. The van der Waals surface area contributed by atoms with Crippen LogP contribution in [-0.2, 0) is 14.4 Å². The zero-order valence-electron chi connectivity index (χ0n) is 13.1. The summed E-state index contributed by atoms with van der Waals surface area (Å²) >= 11 is 0. The predicted molar refractivity (Wildman–Crippen MR) is 83.5 cm³/mol. The van der Waals surface area contributed by atoms with Gasteiger partial charge in [-0.25, -0.2) is 0 Å². The van der Waals surface area contributed by atoms with Crippen molar-refractivity contribution in [1.29, 1.82) is 0 Å². The first-order chi connectivity index (χ1) is 10.4. The average Bonchev–Trinajstić information content (AvgIpc) is 2.89. The molecular weight excluding hydrogens is 282 g/mol. The van der Waals surface area contributed by atoms with Crippen molar-refractivity contribution in [3.8, 4) is 0 Å². The maximum atomic E-state index is 12.4. The Morgan fingerprint density at radius 3 is 2.64 bits per heavy atom. The van der Waals surface area contributed by atoms with Crippen molar-refractivity contribution in [2.75, 3.05) is 25.0 Å². The van der Waals surface area contributed by atoms with Crippen LogP contribution in [0.3, 0.4) is 0 Å². The Morgan fingerprint density at radius 2 is 2.00 bits per heavy atom. The fourth-order valence-corrected chi connectivity index (χ4v) is 2.45. The fraction of sp³-hybridized carbons (Fsp3) is 0.438. The van der Waals surface area contributed by atoms with E-state index in [-0.39, 0.29) is 24.3 Å². The van der Waals surface area contributed by atoms with Crippen molar-refractivity contribution in [2.24, 2.45) is 5.92 Å². The number of nitrogens with one attached hydrogen (secondary N) is 2. The van der Waals surface area contributed by atoms with Crippen LogP contribution in [0.15, 0.2) is 18.2 Å². The SMILES string of the molecule is CNC(=O)CNC(=O)[C@H]1CCN(c2ccc(C)c(C)c2)C1=O. The third-order valence-corrected chi connectivity index (χ3v) is 4.03. The van der Waals surface area contributed by atoms with E-state index in [4.69, 9.17) is 0 Å². The van der Waals surface area contributed by atoms with E-state index in [1.807, 2.05) is 32.0 Å². The number of likely N-dealkylation sites (N-methyl/N-ethyl adjacent to an activating group) is 1. The smallest absolute Gasteiger partial charge is 0.239 e. The summed E-state index contributed by atoms with van der Waals surface area (Å²) in [5, 5.41) is 4.92. The van der Waals surface area contributed by atoms with E-state index in [2.05, 4.69) is 10.6 Å². The maximum absolute atomic E-state index is 12.4. The van der Waals surface area contributed by atoms with Crippen LogP contribution in [0, 0.1) is 19.8 Å². The molecule has 0 spiro atoms. The highest BCUT2D eigenvalue weighted by Gasteiger charge is 2.37. The molecule has 2 rings (SSSR count). The Balaban J connectivity index is 2.04. The molecule has 2 N–H and O–H groups in total. The summed E-state index contributed by atoms with van der Waals surface area (Å²) in [5.41, 5.74) is 3.09. The normalized spacial score (nSPS) is 17.5. The summed E-state index contributed by atoms with van der Waals surface area (Å²) in [4.78, 5) is 37.2. The van der Waals surface area contributed by atoms with E-state index in [9.17, 15) is 14.4 Å². The van der Waals surface area contributed by atoms with Gasteiger partial charge in [-0.2, -0.15) is 0 Å². The lowest BCUT2D eigenvalue weighted by molar-refractivity contribution is -0.133. The summed E-state index contributed by atoms with van der Waals surface area (Å²) in [5.74, 6) is -1.60. The first-order valence-corrected chi connectivity index (χ1v) is 7.31. The van der Waals surface area contributed by atoms with Gasteiger partial charge in [0.1, 0.15) is 5.92 Å². The molecule has 1 fully saturated rings. The largest absolute Gasteiger partial charge is 0.358 e. The minimum atomic E-state index is -0.716. The third kappa shape index (κ3) is 3.27. The van der Waals surface area contributed by atoms with Gasteiger partial charge in [-0.15, -0.1) is 0 Å². The van der Waals surface area contributed by atoms with Crippen LogP contribution in [0.4, 0.5) is 5.69 Å². The molecule has 22 heavy (non-hydrogen) atoms. The summed E-state index contributed by atoms with van der Waals surface area (Å²) in [6.07, 6.45) is 0.464. The quantitative estimate of drug-likeness (QED) is 0.796. The second kappa shape index (κ2) is 6.60. The van der Waals surface area contributed by atoms with E-state index < -0.39 is 5.92 Å². The molecule has 1 aromatic carbocycles. The fourth-order valence-electron chi connectivity index (χ4n) is 2.45. The lowest BCUT2D eigenvalue weighted by Crippen LogP contribution is -2.41. The molecule has 6 nitrogen and oxygen atoms in total. The molecule has 118 valence electrons. The average molecular weight is 303 g/mol. The zero-order chi connectivity index (χ0) is 16.3. The topological polar surface area (TPSA) is 78.5 Å². The number of rotatable bonds is 4. The first kappa shape index (κ1) is 16.0. The number of amides is 3. The highest BCUT2D eigenvalue weighted by atomic mass is 16.2. The van der Waals surface area contributed by atoms with Crippen molar-refractivity contribution < 1.29 is 14.4 Å². The number of hydrogen-bond acceptors (Lipinski definition) is 3. The number of carbonyl (C=O) groups excluding carboxylic acids is 3. The maximum Gasteiger partial charge on any atom is 0.239 e. The molecule has 3 amide bonds. The summed E-state index contributed by atoms with van der Waals surface area (Å²) in [7, 11) is 1.50. The van der Waals surface area contributed by atoms with Gasteiger partial charge in [0.05, 0.1) is 6.54 Å². The van der Waals surface area contributed by atoms with Crippen LogP contribution < -0.4 is 15.5 Å². The molecule has 1 aliphatic heterocycles. The van der Waals surface area contributed by atoms with Crippen LogP contribution in [0.25, 0.3) is 0 Å². The van der Waals surface area contributed by atoms with Gasteiger partial charge < -0.3 is 15.5 Å². The third-order valence-electron chi connectivity index (χ3n) is 4.03.